The SMILES string of the molecule is C[NH+](CC(=O)Nc1ccc(CC#N)cc1)Cc1ccc(OC(F)F)cc1. The topological polar surface area (TPSA) is 66.6 Å². The largest absolute Gasteiger partial charge is 0.435 e. The van der Waals surface area contributed by atoms with Crippen LogP contribution in [0.25, 0.3) is 0 Å². The summed E-state index contributed by atoms with van der Waals surface area (Å²) in [4.78, 5) is 13.1. The zero-order chi connectivity index (χ0) is 18.9. The minimum Gasteiger partial charge on any atom is -0.435 e. The van der Waals surface area contributed by atoms with Crippen LogP contribution in [-0.4, -0.2) is 26.1 Å². The van der Waals surface area contributed by atoms with Crippen molar-refractivity contribution in [1.82, 2.24) is 0 Å². The van der Waals surface area contributed by atoms with Gasteiger partial charge in [-0.1, -0.05) is 12.1 Å². The van der Waals surface area contributed by atoms with E-state index in [2.05, 4.69) is 16.1 Å². The summed E-state index contributed by atoms with van der Waals surface area (Å²) >= 11 is 0. The third kappa shape index (κ3) is 6.49. The molecule has 0 radical (unpaired) electrons. The van der Waals surface area contributed by atoms with Crippen molar-refractivity contribution in [3.05, 3.63) is 59.7 Å². The quantitative estimate of drug-likeness (QED) is 0.757. The van der Waals surface area contributed by atoms with Crippen molar-refractivity contribution in [3.8, 4) is 11.8 Å². The molecule has 1 atom stereocenters. The number of nitriles is 1. The summed E-state index contributed by atoms with van der Waals surface area (Å²) in [5, 5.41) is 11.5. The zero-order valence-electron chi connectivity index (χ0n) is 14.3. The van der Waals surface area contributed by atoms with E-state index in [9.17, 15) is 13.6 Å². The lowest BCUT2D eigenvalue weighted by atomic mass is 10.1. The number of hydrogen-bond donors (Lipinski definition) is 2. The number of amides is 1. The summed E-state index contributed by atoms with van der Waals surface area (Å²) in [6, 6.07) is 15.6. The molecule has 2 N–H and O–H groups in total. The monoisotopic (exact) mass is 360 g/mol. The predicted molar refractivity (Wildman–Crippen MR) is 92.9 cm³/mol. The molecule has 0 aliphatic carbocycles. The Hall–Kier alpha value is -2.98. The van der Waals surface area contributed by atoms with Gasteiger partial charge in [-0.15, -0.1) is 0 Å². The molecule has 2 aromatic carbocycles. The fourth-order valence-electron chi connectivity index (χ4n) is 2.48. The molecule has 0 aliphatic rings. The molecule has 5 nitrogen and oxygen atoms in total. The summed E-state index contributed by atoms with van der Waals surface area (Å²) in [7, 11) is 1.87. The lowest BCUT2D eigenvalue weighted by Gasteiger charge is -2.14. The van der Waals surface area contributed by atoms with Crippen molar-refractivity contribution in [2.75, 3.05) is 18.9 Å². The Bertz CT molecular complexity index is 756. The number of carbonyl (C=O) groups excluding carboxylic acids is 1. The first kappa shape index (κ1) is 19.3. The van der Waals surface area contributed by atoms with E-state index in [1.165, 1.54) is 12.1 Å². The van der Waals surface area contributed by atoms with Crippen molar-refractivity contribution in [3.63, 3.8) is 0 Å². The molecule has 0 spiro atoms. The molecule has 26 heavy (non-hydrogen) atoms. The summed E-state index contributed by atoms with van der Waals surface area (Å²) in [5.74, 6) is -0.0211. The zero-order valence-corrected chi connectivity index (χ0v) is 14.3. The summed E-state index contributed by atoms with van der Waals surface area (Å²) in [6.07, 6.45) is 0.336. The van der Waals surface area contributed by atoms with Crippen LogP contribution in [0.2, 0.25) is 0 Å². The maximum absolute atomic E-state index is 12.1. The molecule has 0 bridgehead atoms. The number of anilines is 1. The van der Waals surface area contributed by atoms with Crippen molar-refractivity contribution in [1.29, 1.82) is 5.26 Å². The number of benzene rings is 2. The predicted octanol–water partition coefficient (Wildman–Crippen LogP) is 2.01. The second-order valence-electron chi connectivity index (χ2n) is 5.91. The number of rotatable bonds is 8. The fourth-order valence-corrected chi connectivity index (χ4v) is 2.48. The summed E-state index contributed by atoms with van der Waals surface area (Å²) < 4.78 is 28.6. The third-order valence-corrected chi connectivity index (χ3v) is 3.64. The van der Waals surface area contributed by atoms with Crippen LogP contribution in [0.15, 0.2) is 48.5 Å². The molecule has 0 aliphatic heterocycles. The molecule has 136 valence electrons. The van der Waals surface area contributed by atoms with Crippen LogP contribution < -0.4 is 15.0 Å². The van der Waals surface area contributed by atoms with Crippen molar-refractivity contribution in [2.24, 2.45) is 0 Å². The van der Waals surface area contributed by atoms with Gasteiger partial charge in [0.2, 0.25) is 0 Å². The molecule has 0 saturated carbocycles. The number of likely N-dealkylation sites (N-methyl/N-ethyl adjacent to an activating group) is 1. The van der Waals surface area contributed by atoms with Crippen molar-refractivity contribution < 1.29 is 23.2 Å². The van der Waals surface area contributed by atoms with Gasteiger partial charge in [-0.3, -0.25) is 4.79 Å². The standard InChI is InChI=1S/C19H19F2N3O2/c1-24(12-15-4-8-17(9-5-15)26-19(20)21)13-18(25)23-16-6-2-14(3-7-16)10-11-22/h2-9,19H,10,12-13H2,1H3,(H,23,25)/p+1. The van der Waals surface area contributed by atoms with Crippen molar-refractivity contribution >= 4 is 11.6 Å². The van der Waals surface area contributed by atoms with Crippen LogP contribution in [0.1, 0.15) is 11.1 Å². The highest BCUT2D eigenvalue weighted by Gasteiger charge is 2.11. The van der Waals surface area contributed by atoms with E-state index in [0.717, 1.165) is 16.0 Å². The van der Waals surface area contributed by atoms with Crippen LogP contribution >= 0.6 is 0 Å². The highest BCUT2D eigenvalue weighted by atomic mass is 19.3. The summed E-state index contributed by atoms with van der Waals surface area (Å²) in [5.41, 5.74) is 2.49. The second-order valence-corrected chi connectivity index (χ2v) is 5.91. The van der Waals surface area contributed by atoms with E-state index >= 15 is 0 Å². The highest BCUT2D eigenvalue weighted by molar-refractivity contribution is 5.91. The first-order chi connectivity index (χ1) is 12.5. The first-order valence-corrected chi connectivity index (χ1v) is 8.07. The maximum Gasteiger partial charge on any atom is 0.387 e. The molecule has 0 fully saturated rings. The number of hydrogen-bond acceptors (Lipinski definition) is 3. The van der Waals surface area contributed by atoms with E-state index in [4.69, 9.17) is 5.26 Å². The molecule has 2 rings (SSSR count). The van der Waals surface area contributed by atoms with Gasteiger partial charge < -0.3 is 15.0 Å². The van der Waals surface area contributed by atoms with Gasteiger partial charge in [0.05, 0.1) is 19.5 Å². The summed E-state index contributed by atoms with van der Waals surface area (Å²) in [6.45, 7) is -2.01. The van der Waals surface area contributed by atoms with Crippen molar-refractivity contribution in [2.45, 2.75) is 19.6 Å². The van der Waals surface area contributed by atoms with E-state index in [1.807, 2.05) is 7.05 Å². The molecule has 7 heteroatoms. The van der Waals surface area contributed by atoms with Gasteiger partial charge in [0.25, 0.3) is 5.91 Å². The van der Waals surface area contributed by atoms with Gasteiger partial charge in [-0.25, -0.2) is 0 Å². The van der Waals surface area contributed by atoms with Gasteiger partial charge in [0, 0.05) is 11.3 Å². The van der Waals surface area contributed by atoms with Gasteiger partial charge in [-0.2, -0.15) is 14.0 Å². The lowest BCUT2D eigenvalue weighted by Crippen LogP contribution is -3.08. The Morgan fingerprint density at radius 1 is 1.15 bits per heavy atom. The third-order valence-electron chi connectivity index (χ3n) is 3.64. The van der Waals surface area contributed by atoms with Crippen LogP contribution in [0.3, 0.4) is 0 Å². The first-order valence-electron chi connectivity index (χ1n) is 8.07. The number of quaternary nitrogens is 1. The Balaban J connectivity index is 1.82. The van der Waals surface area contributed by atoms with Crippen LogP contribution in [0.5, 0.6) is 5.75 Å². The van der Waals surface area contributed by atoms with E-state index in [0.29, 0.717) is 18.7 Å². The number of nitrogens with one attached hydrogen (secondary N) is 2. The minimum absolute atomic E-state index is 0.110. The van der Waals surface area contributed by atoms with Crippen LogP contribution in [-0.2, 0) is 17.8 Å². The lowest BCUT2D eigenvalue weighted by molar-refractivity contribution is -0.885. The Morgan fingerprint density at radius 3 is 2.35 bits per heavy atom. The smallest absolute Gasteiger partial charge is 0.387 e. The Morgan fingerprint density at radius 2 is 1.77 bits per heavy atom. The van der Waals surface area contributed by atoms with E-state index < -0.39 is 6.61 Å². The average Bonchev–Trinajstić information content (AvgIpc) is 2.58. The fraction of sp³-hybridized carbons (Fsp3) is 0.263. The Labute approximate surface area is 150 Å². The Kier molecular flexibility index (Phi) is 7.06. The van der Waals surface area contributed by atoms with E-state index in [1.54, 1.807) is 36.4 Å². The van der Waals surface area contributed by atoms with Gasteiger partial charge >= 0.3 is 6.61 Å². The number of ether oxygens (including phenoxy) is 1. The van der Waals surface area contributed by atoms with Crippen LogP contribution in [0.4, 0.5) is 14.5 Å². The number of alkyl halides is 2. The molecule has 0 heterocycles. The molecular formula is C19H20F2N3O2+. The number of halogens is 2. The average molecular weight is 360 g/mol. The molecule has 0 saturated heterocycles. The second kappa shape index (κ2) is 9.49. The van der Waals surface area contributed by atoms with Crippen LogP contribution in [0, 0.1) is 11.3 Å². The van der Waals surface area contributed by atoms with Gasteiger partial charge in [0.15, 0.2) is 6.54 Å². The molecule has 0 aromatic heterocycles. The highest BCUT2D eigenvalue weighted by Crippen LogP contribution is 2.14. The maximum atomic E-state index is 12.1. The molecule has 1 amide bonds. The number of carbonyl (C=O) groups is 1. The molecule has 1 unspecified atom stereocenters. The molecule has 2 aromatic rings. The normalized spacial score (nSPS) is 11.7. The number of nitrogens with zero attached hydrogens (tertiary/aromatic N) is 1. The molecular weight excluding hydrogens is 340 g/mol. The minimum atomic E-state index is -2.84. The van der Waals surface area contributed by atoms with E-state index in [-0.39, 0.29) is 18.2 Å². The van der Waals surface area contributed by atoms with Gasteiger partial charge in [-0.05, 0) is 42.0 Å². The van der Waals surface area contributed by atoms with Gasteiger partial charge in [0.1, 0.15) is 12.3 Å².